The van der Waals surface area contributed by atoms with Gasteiger partial charge in [0.05, 0.1) is 30.1 Å². The number of hydrogen-bond donors (Lipinski definition) is 9. The monoisotopic (exact) mass is 900 g/mol. The number of phenolic OH excluding ortho intramolecular Hbond substituents is 1. The van der Waals surface area contributed by atoms with Crippen LogP contribution in [0.3, 0.4) is 0 Å². The Kier molecular flexibility index (Phi) is 19.8. The van der Waals surface area contributed by atoms with E-state index in [0.29, 0.717) is 46.7 Å². The molecule has 0 spiro atoms. The molecule has 0 bridgehead atoms. The van der Waals surface area contributed by atoms with E-state index in [1.54, 1.807) is 30.3 Å². The number of hydrogen-bond acceptors (Lipinski definition) is 11. The lowest BCUT2D eigenvalue weighted by atomic mass is 9.97. The lowest BCUT2D eigenvalue weighted by molar-refractivity contribution is 0.126. The zero-order chi connectivity index (χ0) is 46.1. The van der Waals surface area contributed by atoms with Gasteiger partial charge in [0.2, 0.25) is 15.6 Å². The van der Waals surface area contributed by atoms with E-state index in [1.165, 1.54) is 40.5 Å². The predicted molar refractivity (Wildman–Crippen MR) is 253 cm³/mol. The van der Waals surface area contributed by atoms with Crippen LogP contribution in [0.2, 0.25) is 0 Å². The molecule has 10 N–H and O–H groups in total. The maximum Gasteiger partial charge on any atom is 0.248 e. The molecule has 0 amide bonds. The molecule has 0 aliphatic heterocycles. The number of sulfonamides is 1. The van der Waals surface area contributed by atoms with E-state index in [9.17, 15) is 38.7 Å². The SMILES string of the molecule is CCc1cc2c(cc1CC)CC(NCC(O)c1ccc(O)c3[nH]c(=O)ccc13)C2.NS(=O)(=O)Cc1cccc(CCCCOCCCCCCNCC(O)c2ccc(O)c(CO)c2)c1. The van der Waals surface area contributed by atoms with Crippen molar-refractivity contribution in [3.63, 3.8) is 0 Å². The number of primary sulfonamides is 1. The summed E-state index contributed by atoms with van der Waals surface area (Å²) in [5, 5.41) is 62.4. The Morgan fingerprint density at radius 3 is 2.12 bits per heavy atom. The smallest absolute Gasteiger partial charge is 0.248 e. The molecule has 0 radical (unpaired) electrons. The van der Waals surface area contributed by atoms with Crippen LogP contribution in [0, 0.1) is 0 Å². The molecule has 1 aliphatic carbocycles. The number of nitrogens with one attached hydrogen (secondary N) is 3. The summed E-state index contributed by atoms with van der Waals surface area (Å²) in [5.74, 6) is -0.0919. The summed E-state index contributed by atoms with van der Waals surface area (Å²) in [6.45, 7) is 7.29. The lowest BCUT2D eigenvalue weighted by Crippen LogP contribution is -2.33. The highest BCUT2D eigenvalue weighted by Gasteiger charge is 2.24. The number of ether oxygens (including phenoxy) is 1. The summed E-state index contributed by atoms with van der Waals surface area (Å²) < 4.78 is 28.2. The minimum absolute atomic E-state index is 0.00584. The molecular formula is C50H68N4O9S. The Bertz CT molecular complexity index is 2390. The van der Waals surface area contributed by atoms with E-state index in [-0.39, 0.29) is 29.4 Å². The number of H-pyrrole nitrogens is 1. The minimum Gasteiger partial charge on any atom is -0.508 e. The second-order valence-corrected chi connectivity index (χ2v) is 18.4. The van der Waals surface area contributed by atoms with Crippen molar-refractivity contribution in [3.05, 3.63) is 139 Å². The number of aromatic nitrogens is 1. The van der Waals surface area contributed by atoms with Gasteiger partial charge in [-0.15, -0.1) is 0 Å². The molecule has 2 atom stereocenters. The number of unbranched alkanes of at least 4 members (excludes halogenated alkanes) is 4. The van der Waals surface area contributed by atoms with Crippen molar-refractivity contribution in [3.8, 4) is 11.5 Å². The van der Waals surface area contributed by atoms with Gasteiger partial charge in [-0.25, -0.2) is 13.6 Å². The quantitative estimate of drug-likeness (QED) is 0.0324. The fraction of sp³-hybridized carbons (Fsp3) is 0.460. The average Bonchev–Trinajstić information content (AvgIpc) is 3.68. The molecule has 6 rings (SSSR count). The van der Waals surface area contributed by atoms with Crippen LogP contribution in [0.4, 0.5) is 0 Å². The van der Waals surface area contributed by atoms with E-state index in [1.807, 2.05) is 18.2 Å². The average molecular weight is 901 g/mol. The van der Waals surface area contributed by atoms with Gasteiger partial charge in [-0.3, -0.25) is 4.79 Å². The van der Waals surface area contributed by atoms with Crippen molar-refractivity contribution in [2.75, 3.05) is 32.8 Å². The third kappa shape index (κ3) is 15.5. The Labute approximate surface area is 377 Å². The molecule has 0 saturated carbocycles. The van der Waals surface area contributed by atoms with E-state index >= 15 is 0 Å². The molecule has 1 aliphatic rings. The van der Waals surface area contributed by atoms with Crippen molar-refractivity contribution in [1.29, 1.82) is 0 Å². The van der Waals surface area contributed by atoms with Gasteiger partial charge in [-0.05, 0) is 133 Å². The van der Waals surface area contributed by atoms with E-state index in [4.69, 9.17) is 9.88 Å². The first-order valence-corrected chi connectivity index (χ1v) is 24.4. The maximum atomic E-state index is 11.6. The maximum absolute atomic E-state index is 11.6. The van der Waals surface area contributed by atoms with Gasteiger partial charge >= 0.3 is 0 Å². The number of nitrogens with two attached hydrogens (primary N) is 1. The summed E-state index contributed by atoms with van der Waals surface area (Å²) in [4.78, 5) is 14.2. The van der Waals surface area contributed by atoms with Crippen molar-refractivity contribution in [2.24, 2.45) is 5.14 Å². The summed E-state index contributed by atoms with van der Waals surface area (Å²) >= 11 is 0. The normalized spacial score (nSPS) is 13.7. The van der Waals surface area contributed by atoms with Gasteiger partial charge in [-0.1, -0.05) is 75.2 Å². The van der Waals surface area contributed by atoms with Crippen LogP contribution in [0.25, 0.3) is 10.9 Å². The standard InChI is InChI=1S/C26H40N2O6S.C24H28N2O3/c27-35(32,33)20-22-10-7-9-21(16-22)8-3-6-15-34-14-5-2-1-4-13-28-18-26(31)23-11-12-25(30)24(17-23)19-29;1-3-14-9-16-11-18(12-17(16)10-15(14)4-2)25-13-22(28)19-5-7-21(27)24-20(19)6-8-23(29)26-24/h7,9-12,16-17,26,28-31H,1-6,8,13-15,18-20H2,(H2,27,32,33);5-10,18,22,25,27-28H,3-4,11-13H2,1-2H3,(H,26,29). The molecule has 5 aromatic rings. The van der Waals surface area contributed by atoms with Crippen molar-refractivity contribution in [2.45, 2.75) is 115 Å². The van der Waals surface area contributed by atoms with Crippen LogP contribution in [0.1, 0.15) is 115 Å². The van der Waals surface area contributed by atoms with Gasteiger partial charge in [-0.2, -0.15) is 0 Å². The van der Waals surface area contributed by atoms with Crippen LogP contribution in [-0.2, 0) is 59.2 Å². The Morgan fingerprint density at radius 2 is 1.44 bits per heavy atom. The molecule has 348 valence electrons. The van der Waals surface area contributed by atoms with Crippen molar-refractivity contribution < 1.29 is 38.7 Å². The highest BCUT2D eigenvalue weighted by atomic mass is 32.2. The number of benzene rings is 4. The topological polar surface area (TPSA) is 227 Å². The number of aromatic hydroxyl groups is 2. The number of aliphatic hydroxyl groups is 3. The van der Waals surface area contributed by atoms with Gasteiger partial charge in [0.15, 0.2) is 0 Å². The fourth-order valence-corrected chi connectivity index (χ4v) is 9.01. The van der Waals surface area contributed by atoms with Gasteiger partial charge in [0.1, 0.15) is 11.5 Å². The van der Waals surface area contributed by atoms with Crippen molar-refractivity contribution >= 4 is 20.9 Å². The first-order valence-electron chi connectivity index (χ1n) is 22.7. The second-order valence-electron chi connectivity index (χ2n) is 16.8. The number of aliphatic hydroxyl groups excluding tert-OH is 3. The first-order chi connectivity index (χ1) is 30.8. The van der Waals surface area contributed by atoms with Crippen LogP contribution in [0.5, 0.6) is 11.5 Å². The van der Waals surface area contributed by atoms with E-state index < -0.39 is 22.2 Å². The summed E-state index contributed by atoms with van der Waals surface area (Å²) in [5.41, 5.74) is 9.42. The highest BCUT2D eigenvalue weighted by Crippen LogP contribution is 2.30. The Hall–Kier alpha value is -4.64. The molecule has 4 aromatic carbocycles. The van der Waals surface area contributed by atoms with Crippen LogP contribution >= 0.6 is 0 Å². The second kappa shape index (κ2) is 25.2. The molecule has 64 heavy (non-hydrogen) atoms. The van der Waals surface area contributed by atoms with Crippen molar-refractivity contribution in [1.82, 2.24) is 15.6 Å². The Balaban J connectivity index is 0.000000244. The van der Waals surface area contributed by atoms with Crippen LogP contribution < -0.4 is 21.3 Å². The largest absolute Gasteiger partial charge is 0.508 e. The third-order valence-corrected chi connectivity index (χ3v) is 12.6. The van der Waals surface area contributed by atoms with E-state index in [2.05, 4.69) is 41.6 Å². The molecule has 1 aromatic heterocycles. The molecule has 14 heteroatoms. The number of fused-ring (bicyclic) bond motifs is 2. The fourth-order valence-electron chi connectivity index (χ4n) is 8.36. The number of rotatable bonds is 24. The highest BCUT2D eigenvalue weighted by molar-refractivity contribution is 7.88. The van der Waals surface area contributed by atoms with Gasteiger partial charge in [0, 0.05) is 49.4 Å². The van der Waals surface area contributed by atoms with Crippen LogP contribution in [-0.4, -0.2) is 77.8 Å². The Morgan fingerprint density at radius 1 is 0.766 bits per heavy atom. The zero-order valence-corrected chi connectivity index (χ0v) is 38.1. The summed E-state index contributed by atoms with van der Waals surface area (Å²) in [6.07, 6.45) is 9.73. The first kappa shape index (κ1) is 50.4. The molecular weight excluding hydrogens is 833 g/mol. The number of pyridine rings is 1. The van der Waals surface area contributed by atoms with Gasteiger partial charge in [0.25, 0.3) is 0 Å². The summed E-state index contributed by atoms with van der Waals surface area (Å²) in [6, 6.07) is 23.6. The molecule has 13 nitrogen and oxygen atoms in total. The zero-order valence-electron chi connectivity index (χ0n) is 37.3. The molecule has 1 heterocycles. The number of aryl methyl sites for hydroxylation is 3. The number of phenols is 2. The molecule has 0 fully saturated rings. The minimum atomic E-state index is -3.51. The summed E-state index contributed by atoms with van der Waals surface area (Å²) in [7, 11) is -3.51. The lowest BCUT2D eigenvalue weighted by Gasteiger charge is -2.18. The van der Waals surface area contributed by atoms with Crippen LogP contribution in [0.15, 0.2) is 83.7 Å². The molecule has 2 unspecified atom stereocenters. The predicted octanol–water partition coefficient (Wildman–Crippen LogP) is 6.04. The number of aromatic amines is 1. The van der Waals surface area contributed by atoms with Gasteiger partial charge < -0.3 is 45.9 Å². The third-order valence-electron chi connectivity index (χ3n) is 11.8. The van der Waals surface area contributed by atoms with E-state index in [0.717, 1.165) is 102 Å². The molecule has 0 saturated heterocycles.